The van der Waals surface area contributed by atoms with Crippen LogP contribution in [0.1, 0.15) is 52.4 Å². The van der Waals surface area contributed by atoms with E-state index in [0.29, 0.717) is 12.0 Å². The molecule has 1 amide bonds. The third-order valence-electron chi connectivity index (χ3n) is 4.80. The van der Waals surface area contributed by atoms with Gasteiger partial charge >= 0.3 is 0 Å². The minimum Gasteiger partial charge on any atom is -0.353 e. The quantitative estimate of drug-likeness (QED) is 0.793. The number of amides is 1. The summed E-state index contributed by atoms with van der Waals surface area (Å²) in [6, 6.07) is 0.455. The first-order valence-corrected chi connectivity index (χ1v) is 7.84. The van der Waals surface area contributed by atoms with E-state index >= 15 is 0 Å². The van der Waals surface area contributed by atoms with Crippen LogP contribution in [0.5, 0.6) is 0 Å². The van der Waals surface area contributed by atoms with Gasteiger partial charge in [-0.15, -0.1) is 0 Å². The Morgan fingerprint density at radius 1 is 1.21 bits per heavy atom. The molecule has 3 N–H and O–H groups in total. The van der Waals surface area contributed by atoms with E-state index in [2.05, 4.69) is 24.1 Å². The van der Waals surface area contributed by atoms with Crippen molar-refractivity contribution in [3.8, 4) is 0 Å². The lowest BCUT2D eigenvalue weighted by atomic mass is 9.97. The van der Waals surface area contributed by atoms with E-state index in [9.17, 15) is 4.79 Å². The lowest BCUT2D eigenvalue weighted by molar-refractivity contribution is -0.126. The van der Waals surface area contributed by atoms with Crippen LogP contribution < -0.4 is 11.1 Å². The van der Waals surface area contributed by atoms with Crippen molar-refractivity contribution in [3.63, 3.8) is 0 Å². The number of nitrogens with zero attached hydrogens (tertiary/aromatic N) is 1. The molecule has 2 fully saturated rings. The Bertz CT molecular complexity index is 305. The molecule has 110 valence electrons. The molecule has 0 radical (unpaired) electrons. The molecule has 19 heavy (non-hydrogen) atoms. The average molecular weight is 267 g/mol. The van der Waals surface area contributed by atoms with Gasteiger partial charge in [-0.3, -0.25) is 9.69 Å². The van der Waals surface area contributed by atoms with Crippen molar-refractivity contribution in [2.45, 2.75) is 64.0 Å². The van der Waals surface area contributed by atoms with Gasteiger partial charge in [-0.05, 0) is 44.7 Å². The average Bonchev–Trinajstić information content (AvgIpc) is 3.01. The molecule has 0 spiro atoms. The van der Waals surface area contributed by atoms with E-state index in [1.54, 1.807) is 0 Å². The first kappa shape index (κ1) is 14.8. The van der Waals surface area contributed by atoms with Gasteiger partial charge in [0.2, 0.25) is 5.91 Å². The van der Waals surface area contributed by atoms with E-state index in [0.717, 1.165) is 32.2 Å². The number of carbonyl (C=O) groups is 1. The number of nitrogens with two attached hydrogens (primary N) is 1. The minimum atomic E-state index is -0.591. The van der Waals surface area contributed by atoms with Crippen LogP contribution in [0.2, 0.25) is 0 Å². The first-order chi connectivity index (χ1) is 9.03. The van der Waals surface area contributed by atoms with Crippen molar-refractivity contribution < 1.29 is 4.79 Å². The van der Waals surface area contributed by atoms with Crippen molar-refractivity contribution in [1.82, 2.24) is 10.2 Å². The predicted octanol–water partition coefficient (Wildman–Crippen LogP) is 1.49. The molecular weight excluding hydrogens is 238 g/mol. The number of carbonyl (C=O) groups excluding carboxylic acids is 1. The summed E-state index contributed by atoms with van der Waals surface area (Å²) in [5.74, 6) is 0.630. The fraction of sp³-hybridized carbons (Fsp3) is 0.933. The Hall–Kier alpha value is -0.610. The van der Waals surface area contributed by atoms with Gasteiger partial charge in [-0.25, -0.2) is 0 Å². The van der Waals surface area contributed by atoms with E-state index in [4.69, 9.17) is 5.73 Å². The molecule has 4 nitrogen and oxygen atoms in total. The molecule has 2 aliphatic rings. The molecule has 4 heteroatoms. The Balaban J connectivity index is 1.86. The molecule has 1 unspecified atom stereocenters. The summed E-state index contributed by atoms with van der Waals surface area (Å²) in [5, 5.41) is 3.12. The zero-order chi connectivity index (χ0) is 13.9. The van der Waals surface area contributed by atoms with Crippen LogP contribution in [0.15, 0.2) is 0 Å². The summed E-state index contributed by atoms with van der Waals surface area (Å²) in [4.78, 5) is 14.8. The smallest absolute Gasteiger partial charge is 0.240 e. The molecule has 1 saturated carbocycles. The Labute approximate surface area is 117 Å². The van der Waals surface area contributed by atoms with Crippen LogP contribution in [0.25, 0.3) is 0 Å². The second-order valence-corrected chi connectivity index (χ2v) is 6.63. The summed E-state index contributed by atoms with van der Waals surface area (Å²) >= 11 is 0. The van der Waals surface area contributed by atoms with Crippen LogP contribution >= 0.6 is 0 Å². The topological polar surface area (TPSA) is 58.4 Å². The van der Waals surface area contributed by atoms with Crippen LogP contribution in [-0.2, 0) is 4.79 Å². The maximum absolute atomic E-state index is 12.3. The third kappa shape index (κ3) is 3.48. The third-order valence-corrected chi connectivity index (χ3v) is 4.80. The number of hydrogen-bond donors (Lipinski definition) is 2. The van der Waals surface area contributed by atoms with E-state index in [-0.39, 0.29) is 5.91 Å². The number of likely N-dealkylation sites (tertiary alicyclic amines) is 1. The highest BCUT2D eigenvalue weighted by molar-refractivity contribution is 5.86. The van der Waals surface area contributed by atoms with Gasteiger partial charge in [0.15, 0.2) is 0 Å². The van der Waals surface area contributed by atoms with E-state index < -0.39 is 5.54 Å². The standard InChI is InChI=1S/C15H29N3O/c1-12(2)13(18-9-5-6-10-18)11-17-14(19)15(16)7-3-4-8-15/h12-13H,3-11,16H2,1-2H3,(H,17,19). The summed E-state index contributed by atoms with van der Waals surface area (Å²) in [5.41, 5.74) is 5.60. The largest absolute Gasteiger partial charge is 0.353 e. The SMILES string of the molecule is CC(C)C(CNC(=O)C1(N)CCCC1)N1CCCC1. The number of hydrogen-bond acceptors (Lipinski definition) is 3. The highest BCUT2D eigenvalue weighted by Gasteiger charge is 2.37. The lowest BCUT2D eigenvalue weighted by Gasteiger charge is -2.32. The van der Waals surface area contributed by atoms with Gasteiger partial charge in [-0.1, -0.05) is 26.7 Å². The van der Waals surface area contributed by atoms with Gasteiger partial charge in [0.25, 0.3) is 0 Å². The predicted molar refractivity (Wildman–Crippen MR) is 77.8 cm³/mol. The molecule has 0 bridgehead atoms. The van der Waals surface area contributed by atoms with Crippen molar-refractivity contribution in [3.05, 3.63) is 0 Å². The summed E-state index contributed by atoms with van der Waals surface area (Å²) < 4.78 is 0. The fourth-order valence-corrected chi connectivity index (χ4v) is 3.47. The fourth-order valence-electron chi connectivity index (χ4n) is 3.47. The van der Waals surface area contributed by atoms with Crippen molar-refractivity contribution >= 4 is 5.91 Å². The van der Waals surface area contributed by atoms with E-state index in [1.807, 2.05) is 0 Å². The summed E-state index contributed by atoms with van der Waals surface area (Å²) in [6.45, 7) is 7.57. The van der Waals surface area contributed by atoms with Gasteiger partial charge in [0, 0.05) is 12.6 Å². The molecule has 0 aromatic carbocycles. The molecular formula is C15H29N3O. The zero-order valence-corrected chi connectivity index (χ0v) is 12.5. The summed E-state index contributed by atoms with van der Waals surface area (Å²) in [7, 11) is 0. The van der Waals surface area contributed by atoms with Crippen LogP contribution in [0.4, 0.5) is 0 Å². The van der Waals surface area contributed by atoms with Crippen molar-refractivity contribution in [1.29, 1.82) is 0 Å². The van der Waals surface area contributed by atoms with Gasteiger partial charge in [0.05, 0.1) is 5.54 Å². The van der Waals surface area contributed by atoms with Crippen molar-refractivity contribution in [2.24, 2.45) is 11.7 Å². The zero-order valence-electron chi connectivity index (χ0n) is 12.5. The lowest BCUT2D eigenvalue weighted by Crippen LogP contribution is -2.55. The Morgan fingerprint density at radius 3 is 2.32 bits per heavy atom. The normalized spacial score (nSPS) is 24.8. The second-order valence-electron chi connectivity index (χ2n) is 6.63. The minimum absolute atomic E-state index is 0.0647. The molecule has 1 saturated heterocycles. The molecule has 2 rings (SSSR count). The van der Waals surface area contributed by atoms with Crippen LogP contribution in [0.3, 0.4) is 0 Å². The van der Waals surface area contributed by atoms with Crippen LogP contribution in [0, 0.1) is 5.92 Å². The highest BCUT2D eigenvalue weighted by Crippen LogP contribution is 2.27. The van der Waals surface area contributed by atoms with Crippen LogP contribution in [-0.4, -0.2) is 42.0 Å². The van der Waals surface area contributed by atoms with Gasteiger partial charge in [-0.2, -0.15) is 0 Å². The Morgan fingerprint density at radius 2 is 1.79 bits per heavy atom. The molecule has 1 aliphatic carbocycles. The molecule has 1 heterocycles. The molecule has 0 aromatic heterocycles. The maximum Gasteiger partial charge on any atom is 0.240 e. The number of nitrogens with one attached hydrogen (secondary N) is 1. The number of rotatable bonds is 5. The summed E-state index contributed by atoms with van der Waals surface area (Å²) in [6.07, 6.45) is 6.44. The van der Waals surface area contributed by atoms with Gasteiger partial charge < -0.3 is 11.1 Å². The highest BCUT2D eigenvalue weighted by atomic mass is 16.2. The first-order valence-electron chi connectivity index (χ1n) is 7.84. The van der Waals surface area contributed by atoms with E-state index in [1.165, 1.54) is 25.9 Å². The molecule has 1 atom stereocenters. The second kappa shape index (κ2) is 6.23. The van der Waals surface area contributed by atoms with Crippen molar-refractivity contribution in [2.75, 3.05) is 19.6 Å². The Kier molecular flexibility index (Phi) is 4.85. The maximum atomic E-state index is 12.3. The van der Waals surface area contributed by atoms with Gasteiger partial charge in [0.1, 0.15) is 0 Å². The molecule has 1 aliphatic heterocycles. The molecule has 0 aromatic rings. The monoisotopic (exact) mass is 267 g/mol.